The number of hydrogen-bond acceptors (Lipinski definition) is 7. The van der Waals surface area contributed by atoms with E-state index in [9.17, 15) is 15.3 Å². The van der Waals surface area contributed by atoms with Gasteiger partial charge >= 0.3 is 0 Å². The van der Waals surface area contributed by atoms with Crippen LogP contribution in [-0.2, 0) is 4.74 Å². The van der Waals surface area contributed by atoms with Gasteiger partial charge in [0.2, 0.25) is 0 Å². The average molecular weight is 331 g/mol. The number of aliphatic hydroxyl groups is 3. The zero-order chi connectivity index (χ0) is 16.8. The van der Waals surface area contributed by atoms with Gasteiger partial charge in [-0.1, -0.05) is 0 Å². The lowest BCUT2D eigenvalue weighted by atomic mass is 10.1. The number of ether oxygens (including phenoxy) is 1. The number of furan rings is 1. The van der Waals surface area contributed by atoms with Gasteiger partial charge in [0.25, 0.3) is 0 Å². The minimum absolute atomic E-state index is 0.260. The molecule has 1 aliphatic heterocycles. The van der Waals surface area contributed by atoms with E-state index in [-0.39, 0.29) is 12.4 Å². The second-order valence-corrected chi connectivity index (χ2v) is 5.83. The van der Waals surface area contributed by atoms with Crippen molar-refractivity contribution in [2.45, 2.75) is 31.3 Å². The quantitative estimate of drug-likeness (QED) is 0.556. The molecule has 8 nitrogen and oxygen atoms in total. The lowest BCUT2D eigenvalue weighted by Gasteiger charge is -2.14. The lowest BCUT2D eigenvalue weighted by molar-refractivity contribution is -0.0252. The summed E-state index contributed by atoms with van der Waals surface area (Å²) in [5.41, 5.74) is 2.13. The van der Waals surface area contributed by atoms with Gasteiger partial charge in [-0.3, -0.25) is 0 Å². The predicted octanol–water partition coefficient (Wildman–Crippen LogP) is 0.680. The normalized spacial score (nSPS) is 27.2. The Bertz CT molecular complexity index is 860. The Labute approximate surface area is 136 Å². The fourth-order valence-electron chi connectivity index (χ4n) is 3.10. The van der Waals surface area contributed by atoms with Crippen LogP contribution in [-0.4, -0.2) is 55.2 Å². The van der Waals surface area contributed by atoms with Crippen LogP contribution in [0.25, 0.3) is 22.4 Å². The molecule has 1 fully saturated rings. The molecule has 0 radical (unpaired) electrons. The van der Waals surface area contributed by atoms with E-state index in [0.29, 0.717) is 17.1 Å². The first kappa shape index (κ1) is 15.3. The summed E-state index contributed by atoms with van der Waals surface area (Å²) >= 11 is 0. The Hall–Kier alpha value is -2.26. The van der Waals surface area contributed by atoms with Crippen molar-refractivity contribution in [1.29, 1.82) is 0 Å². The maximum absolute atomic E-state index is 10.1. The molecule has 0 aromatic carbocycles. The molecule has 8 heteroatoms. The van der Waals surface area contributed by atoms with Crippen LogP contribution in [0.4, 0.5) is 0 Å². The van der Waals surface area contributed by atoms with E-state index in [0.717, 1.165) is 10.9 Å². The van der Waals surface area contributed by atoms with Crippen molar-refractivity contribution in [3.05, 3.63) is 36.1 Å². The Morgan fingerprint density at radius 3 is 2.75 bits per heavy atom. The summed E-state index contributed by atoms with van der Waals surface area (Å²) in [5, 5.41) is 30.1. The Balaban J connectivity index is 1.77. The Morgan fingerprint density at radius 2 is 2.08 bits per heavy atom. The van der Waals surface area contributed by atoms with Gasteiger partial charge in [-0.15, -0.1) is 0 Å². The molecule has 3 aromatic heterocycles. The molecule has 24 heavy (non-hydrogen) atoms. The number of H-pyrrole nitrogens is 1. The average Bonchev–Trinajstić information content (AvgIpc) is 3.28. The number of aliphatic hydroxyl groups excluding tert-OH is 3. The van der Waals surface area contributed by atoms with Crippen molar-refractivity contribution >= 4 is 11.0 Å². The first-order valence-corrected chi connectivity index (χ1v) is 7.62. The maximum atomic E-state index is 10.1. The topological polar surface area (TPSA) is 125 Å². The fourth-order valence-corrected chi connectivity index (χ4v) is 3.10. The third-order valence-corrected chi connectivity index (χ3v) is 4.31. The molecule has 0 unspecified atom stereocenters. The highest BCUT2D eigenvalue weighted by Gasteiger charge is 2.44. The van der Waals surface area contributed by atoms with E-state index in [1.54, 1.807) is 18.5 Å². The van der Waals surface area contributed by atoms with Crippen LogP contribution < -0.4 is 0 Å². The largest absolute Gasteiger partial charge is 0.464 e. The van der Waals surface area contributed by atoms with Crippen molar-refractivity contribution in [2.24, 2.45) is 0 Å². The SMILES string of the molecule is Cc1nc([C@@H]2O[C@H](CO)[C@@H](O)[C@H]2O)nc2[nH]cc(-c3ccco3)c12. The smallest absolute Gasteiger partial charge is 0.162 e. The van der Waals surface area contributed by atoms with Gasteiger partial charge in [0.15, 0.2) is 5.82 Å². The Morgan fingerprint density at radius 1 is 1.25 bits per heavy atom. The predicted molar refractivity (Wildman–Crippen MR) is 83.0 cm³/mol. The number of aromatic amines is 1. The van der Waals surface area contributed by atoms with Crippen LogP contribution in [0.15, 0.2) is 29.0 Å². The summed E-state index contributed by atoms with van der Waals surface area (Å²) in [6, 6.07) is 3.65. The number of fused-ring (bicyclic) bond motifs is 1. The summed E-state index contributed by atoms with van der Waals surface area (Å²) in [5.74, 6) is 0.962. The highest BCUT2D eigenvalue weighted by atomic mass is 16.6. The monoisotopic (exact) mass is 331 g/mol. The van der Waals surface area contributed by atoms with Crippen LogP contribution in [0.2, 0.25) is 0 Å². The first-order valence-electron chi connectivity index (χ1n) is 7.62. The van der Waals surface area contributed by atoms with Crippen LogP contribution >= 0.6 is 0 Å². The van der Waals surface area contributed by atoms with Crippen molar-refractivity contribution in [3.8, 4) is 11.3 Å². The van der Waals surface area contributed by atoms with Gasteiger partial charge in [-0.2, -0.15) is 0 Å². The third-order valence-electron chi connectivity index (χ3n) is 4.31. The number of nitrogens with one attached hydrogen (secondary N) is 1. The molecule has 1 aliphatic rings. The van der Waals surface area contributed by atoms with Gasteiger partial charge < -0.3 is 29.5 Å². The van der Waals surface area contributed by atoms with Crippen LogP contribution in [0.3, 0.4) is 0 Å². The molecule has 0 amide bonds. The highest BCUT2D eigenvalue weighted by Crippen LogP contribution is 2.35. The lowest BCUT2D eigenvalue weighted by Crippen LogP contribution is -2.32. The van der Waals surface area contributed by atoms with E-state index >= 15 is 0 Å². The number of aromatic nitrogens is 3. The molecule has 4 heterocycles. The molecular weight excluding hydrogens is 314 g/mol. The number of hydrogen-bond donors (Lipinski definition) is 4. The number of aryl methyl sites for hydroxylation is 1. The maximum Gasteiger partial charge on any atom is 0.162 e. The van der Waals surface area contributed by atoms with Crippen LogP contribution in [0.1, 0.15) is 17.6 Å². The van der Waals surface area contributed by atoms with Crippen molar-refractivity contribution in [3.63, 3.8) is 0 Å². The minimum atomic E-state index is -1.20. The molecule has 0 saturated carbocycles. The molecule has 126 valence electrons. The van der Waals surface area contributed by atoms with Gasteiger partial charge in [0, 0.05) is 11.8 Å². The van der Waals surface area contributed by atoms with E-state index < -0.39 is 24.4 Å². The van der Waals surface area contributed by atoms with Gasteiger partial charge in [0.1, 0.15) is 35.8 Å². The van der Waals surface area contributed by atoms with Gasteiger partial charge in [-0.05, 0) is 19.1 Å². The van der Waals surface area contributed by atoms with Gasteiger partial charge in [0.05, 0.1) is 24.0 Å². The second-order valence-electron chi connectivity index (χ2n) is 5.83. The zero-order valence-electron chi connectivity index (χ0n) is 12.9. The molecule has 0 spiro atoms. The van der Waals surface area contributed by atoms with Crippen molar-refractivity contribution in [1.82, 2.24) is 15.0 Å². The molecule has 1 saturated heterocycles. The molecule has 4 N–H and O–H groups in total. The van der Waals surface area contributed by atoms with E-state index in [2.05, 4.69) is 15.0 Å². The van der Waals surface area contributed by atoms with Crippen molar-refractivity contribution in [2.75, 3.05) is 6.61 Å². The highest BCUT2D eigenvalue weighted by molar-refractivity contribution is 5.93. The second kappa shape index (κ2) is 5.67. The van der Waals surface area contributed by atoms with E-state index in [1.807, 2.05) is 13.0 Å². The van der Waals surface area contributed by atoms with Crippen LogP contribution in [0, 0.1) is 6.92 Å². The standard InChI is InChI=1S/C16H17N3O5/c1-7-11-8(9-3-2-4-23-9)5-17-15(11)19-16(18-7)14-13(22)12(21)10(6-20)24-14/h2-5,10,12-14,20-22H,6H2,1H3,(H,17,18,19)/t10-,12-,13-,14-/m1/s1. The van der Waals surface area contributed by atoms with E-state index in [4.69, 9.17) is 9.15 Å². The molecule has 0 aliphatic carbocycles. The summed E-state index contributed by atoms with van der Waals surface area (Å²) in [6.45, 7) is 1.44. The Kier molecular flexibility index (Phi) is 3.61. The first-order chi connectivity index (χ1) is 11.6. The number of rotatable bonds is 3. The fraction of sp³-hybridized carbons (Fsp3) is 0.375. The van der Waals surface area contributed by atoms with Gasteiger partial charge in [-0.25, -0.2) is 9.97 Å². The summed E-state index contributed by atoms with van der Waals surface area (Å²) in [6.07, 6.45) is -0.743. The van der Waals surface area contributed by atoms with Crippen molar-refractivity contribution < 1.29 is 24.5 Å². The molecule has 4 rings (SSSR count). The number of nitrogens with zero attached hydrogens (tertiary/aromatic N) is 2. The summed E-state index contributed by atoms with van der Waals surface area (Å²) < 4.78 is 10.9. The molecule has 3 aromatic rings. The zero-order valence-corrected chi connectivity index (χ0v) is 12.9. The third kappa shape index (κ3) is 2.23. The van der Waals surface area contributed by atoms with E-state index in [1.165, 1.54) is 0 Å². The van der Waals surface area contributed by atoms with Crippen LogP contribution in [0.5, 0.6) is 0 Å². The summed E-state index contributed by atoms with van der Waals surface area (Å²) in [4.78, 5) is 11.9. The minimum Gasteiger partial charge on any atom is -0.464 e. The summed E-state index contributed by atoms with van der Waals surface area (Å²) in [7, 11) is 0. The molecule has 4 atom stereocenters. The molecular formula is C16H17N3O5. The molecule has 0 bridgehead atoms.